The Balaban J connectivity index is 1.62. The Morgan fingerprint density at radius 1 is 1.29 bits per heavy atom. The van der Waals surface area contributed by atoms with Crippen LogP contribution in [0.3, 0.4) is 0 Å². The van der Waals surface area contributed by atoms with Gasteiger partial charge in [0.05, 0.1) is 10.6 Å². The van der Waals surface area contributed by atoms with Crippen molar-refractivity contribution in [3.8, 4) is 10.7 Å². The number of benzene rings is 1. The van der Waals surface area contributed by atoms with E-state index in [0.717, 1.165) is 4.88 Å². The quantitative estimate of drug-likeness (QED) is 0.503. The molecule has 1 amide bonds. The fraction of sp³-hybridized carbons (Fsp3) is 0.0714. The number of nitrogens with two attached hydrogens (primary N) is 1. The lowest BCUT2D eigenvalue weighted by atomic mass is 10.3. The highest BCUT2D eigenvalue weighted by atomic mass is 35.5. The first kappa shape index (κ1) is 17.1. The Morgan fingerprint density at radius 3 is 2.71 bits per heavy atom. The lowest BCUT2D eigenvalue weighted by Crippen LogP contribution is -2.16. The number of nitrogens with zero attached hydrogens (tertiary/aromatic N) is 3. The van der Waals surface area contributed by atoms with Gasteiger partial charge in [0.2, 0.25) is 11.1 Å². The molecule has 10 heteroatoms. The van der Waals surface area contributed by atoms with Crippen LogP contribution >= 0.6 is 46.3 Å². The molecule has 0 radical (unpaired) electrons. The van der Waals surface area contributed by atoms with Crippen molar-refractivity contribution in [2.45, 2.75) is 5.16 Å². The molecule has 0 saturated carbocycles. The van der Waals surface area contributed by atoms with Gasteiger partial charge in [-0.2, -0.15) is 0 Å². The minimum Gasteiger partial charge on any atom is -0.335 e. The number of hydrogen-bond donors (Lipinski definition) is 2. The second-order valence-electron chi connectivity index (χ2n) is 4.65. The second kappa shape index (κ2) is 7.43. The number of nitrogens with one attached hydrogen (secondary N) is 1. The maximum Gasteiger partial charge on any atom is 0.234 e. The number of halogens is 2. The Morgan fingerprint density at radius 2 is 2.04 bits per heavy atom. The predicted molar refractivity (Wildman–Crippen MR) is 99.3 cm³/mol. The van der Waals surface area contributed by atoms with E-state index >= 15 is 0 Å². The van der Waals surface area contributed by atoms with Gasteiger partial charge in [0, 0.05) is 15.7 Å². The van der Waals surface area contributed by atoms with Gasteiger partial charge < -0.3 is 11.2 Å². The van der Waals surface area contributed by atoms with Crippen LogP contribution in [0, 0.1) is 0 Å². The van der Waals surface area contributed by atoms with Crippen LogP contribution in [0.15, 0.2) is 40.9 Å². The molecular formula is C14H11Cl2N5OS2. The third kappa shape index (κ3) is 4.02. The summed E-state index contributed by atoms with van der Waals surface area (Å²) >= 11 is 14.5. The van der Waals surface area contributed by atoms with Gasteiger partial charge in [0.15, 0.2) is 5.82 Å². The first-order valence-corrected chi connectivity index (χ1v) is 9.28. The highest BCUT2D eigenvalue weighted by Crippen LogP contribution is 2.26. The van der Waals surface area contributed by atoms with Crippen LogP contribution in [0.1, 0.15) is 0 Å². The van der Waals surface area contributed by atoms with E-state index in [1.807, 2.05) is 17.5 Å². The molecule has 3 N–H and O–H groups in total. The van der Waals surface area contributed by atoms with Crippen molar-refractivity contribution >= 4 is 57.9 Å². The summed E-state index contributed by atoms with van der Waals surface area (Å²) in [5.41, 5.74) is 0.534. The average Bonchev–Trinajstić information content (AvgIpc) is 3.13. The Labute approximate surface area is 155 Å². The number of nitrogen functional groups attached to an aromatic ring is 1. The maximum absolute atomic E-state index is 12.0. The molecule has 2 heterocycles. The van der Waals surface area contributed by atoms with Gasteiger partial charge in [-0.15, -0.1) is 21.5 Å². The van der Waals surface area contributed by atoms with Gasteiger partial charge in [0.1, 0.15) is 0 Å². The number of carbonyl (C=O) groups excluding carboxylic acids is 1. The normalized spacial score (nSPS) is 10.8. The van der Waals surface area contributed by atoms with E-state index in [9.17, 15) is 4.79 Å². The molecule has 3 aromatic rings. The van der Waals surface area contributed by atoms with E-state index in [1.165, 1.54) is 27.8 Å². The lowest BCUT2D eigenvalue weighted by Gasteiger charge is -2.06. The highest BCUT2D eigenvalue weighted by molar-refractivity contribution is 7.99. The van der Waals surface area contributed by atoms with Crippen LogP contribution in [0.25, 0.3) is 10.7 Å². The van der Waals surface area contributed by atoms with E-state index in [1.54, 1.807) is 18.2 Å². The second-order valence-corrected chi connectivity index (χ2v) is 7.41. The van der Waals surface area contributed by atoms with Crippen molar-refractivity contribution in [1.29, 1.82) is 0 Å². The molecule has 124 valence electrons. The number of thioether (sulfide) groups is 1. The van der Waals surface area contributed by atoms with E-state index < -0.39 is 0 Å². The smallest absolute Gasteiger partial charge is 0.234 e. The molecule has 0 spiro atoms. The van der Waals surface area contributed by atoms with Crippen molar-refractivity contribution < 1.29 is 4.79 Å². The first-order chi connectivity index (χ1) is 11.5. The number of carbonyl (C=O) groups is 1. The number of thiophene rings is 1. The molecule has 2 aromatic heterocycles. The third-order valence-corrected chi connectivity index (χ3v) is 5.13. The van der Waals surface area contributed by atoms with Crippen molar-refractivity contribution in [1.82, 2.24) is 14.9 Å². The molecule has 1 aromatic carbocycles. The van der Waals surface area contributed by atoms with Gasteiger partial charge in [0.25, 0.3) is 0 Å². The zero-order valence-electron chi connectivity index (χ0n) is 12.1. The third-order valence-electron chi connectivity index (χ3n) is 2.88. The molecule has 0 bridgehead atoms. The Hall–Kier alpha value is -1.74. The number of aromatic nitrogens is 3. The molecule has 0 atom stereocenters. The number of amides is 1. The summed E-state index contributed by atoms with van der Waals surface area (Å²) in [5, 5.41) is 14.1. The molecule has 6 nitrogen and oxygen atoms in total. The molecule has 0 aliphatic rings. The van der Waals surface area contributed by atoms with Gasteiger partial charge in [-0.3, -0.25) is 4.79 Å². The van der Waals surface area contributed by atoms with E-state index in [2.05, 4.69) is 15.5 Å². The minimum atomic E-state index is -0.223. The zero-order valence-corrected chi connectivity index (χ0v) is 15.2. The molecule has 0 aliphatic heterocycles. The topological polar surface area (TPSA) is 85.8 Å². The summed E-state index contributed by atoms with van der Waals surface area (Å²) in [4.78, 5) is 13.0. The van der Waals surface area contributed by atoms with Gasteiger partial charge in [-0.1, -0.05) is 41.0 Å². The van der Waals surface area contributed by atoms with Gasteiger partial charge >= 0.3 is 0 Å². The minimum absolute atomic E-state index is 0.129. The van der Waals surface area contributed by atoms with Crippen LogP contribution < -0.4 is 11.2 Å². The van der Waals surface area contributed by atoms with Crippen LogP contribution in [0.2, 0.25) is 10.0 Å². The zero-order chi connectivity index (χ0) is 17.1. The molecule has 24 heavy (non-hydrogen) atoms. The lowest BCUT2D eigenvalue weighted by molar-refractivity contribution is -0.113. The van der Waals surface area contributed by atoms with Gasteiger partial charge in [-0.25, -0.2) is 4.68 Å². The number of hydrogen-bond acceptors (Lipinski definition) is 6. The monoisotopic (exact) mass is 399 g/mol. The number of rotatable bonds is 5. The molecular weight excluding hydrogens is 389 g/mol. The van der Waals surface area contributed by atoms with Crippen molar-refractivity contribution in [3.05, 3.63) is 45.8 Å². The molecule has 0 fully saturated rings. The van der Waals surface area contributed by atoms with Crippen LogP contribution in [-0.2, 0) is 4.79 Å². The molecule has 0 unspecified atom stereocenters. The van der Waals surface area contributed by atoms with Crippen molar-refractivity contribution in [3.63, 3.8) is 0 Å². The fourth-order valence-corrected chi connectivity index (χ4v) is 3.79. The summed E-state index contributed by atoms with van der Waals surface area (Å²) < 4.78 is 1.38. The first-order valence-electron chi connectivity index (χ1n) is 6.66. The summed E-state index contributed by atoms with van der Waals surface area (Å²) in [6, 6.07) is 8.65. The largest absolute Gasteiger partial charge is 0.335 e. The highest BCUT2D eigenvalue weighted by Gasteiger charge is 2.14. The fourth-order valence-electron chi connectivity index (χ4n) is 1.90. The summed E-state index contributed by atoms with van der Waals surface area (Å²) in [7, 11) is 0. The SMILES string of the molecule is Nn1c(SCC(=O)Nc2cc(Cl)cc(Cl)c2)nnc1-c1cccs1. The summed E-state index contributed by atoms with van der Waals surface area (Å²) in [6.07, 6.45) is 0. The predicted octanol–water partition coefficient (Wildman–Crippen LogP) is 3.76. The van der Waals surface area contributed by atoms with E-state index in [0.29, 0.717) is 26.7 Å². The Bertz CT molecular complexity index is 846. The number of anilines is 1. The van der Waals surface area contributed by atoms with Crippen LogP contribution in [0.5, 0.6) is 0 Å². The Kier molecular flexibility index (Phi) is 5.30. The maximum atomic E-state index is 12.0. The van der Waals surface area contributed by atoms with Gasteiger partial charge in [-0.05, 0) is 29.6 Å². The van der Waals surface area contributed by atoms with Crippen LogP contribution in [0.4, 0.5) is 5.69 Å². The van der Waals surface area contributed by atoms with Crippen molar-refractivity contribution in [2.24, 2.45) is 0 Å². The van der Waals surface area contributed by atoms with E-state index in [4.69, 9.17) is 29.0 Å². The standard InChI is InChI=1S/C14H11Cl2N5OS2/c15-8-4-9(16)6-10(5-8)18-12(22)7-24-14-20-19-13(21(14)17)11-2-1-3-23-11/h1-6H,7,17H2,(H,18,22). The summed E-state index contributed by atoms with van der Waals surface area (Å²) in [5.74, 6) is 6.45. The molecule has 3 rings (SSSR count). The van der Waals surface area contributed by atoms with Crippen LogP contribution in [-0.4, -0.2) is 26.5 Å². The summed E-state index contributed by atoms with van der Waals surface area (Å²) in [6.45, 7) is 0. The molecule has 0 saturated heterocycles. The van der Waals surface area contributed by atoms with Crippen molar-refractivity contribution in [2.75, 3.05) is 16.9 Å². The average molecular weight is 400 g/mol. The molecule has 0 aliphatic carbocycles. The van der Waals surface area contributed by atoms with E-state index in [-0.39, 0.29) is 11.7 Å².